The number of rotatable bonds is 3. The minimum Gasteiger partial charge on any atom is -0.400 e. The number of alkyl halides is 3. The van der Waals surface area contributed by atoms with Crippen molar-refractivity contribution in [1.82, 2.24) is 9.79 Å². The van der Waals surface area contributed by atoms with Crippen molar-refractivity contribution in [2.45, 2.75) is 26.0 Å². The van der Waals surface area contributed by atoms with Crippen LogP contribution in [0.5, 0.6) is 0 Å². The molecule has 2 amide bonds. The molecule has 2 aromatic rings. The number of amides is 2. The number of hydrogen-bond acceptors (Lipinski definition) is 3. The van der Waals surface area contributed by atoms with Gasteiger partial charge in [0, 0.05) is 18.8 Å². The quantitative estimate of drug-likeness (QED) is 0.847. The molecule has 1 aliphatic heterocycles. The molecule has 0 saturated heterocycles. The topological polar surface area (TPSA) is 54.3 Å². The fourth-order valence-electron chi connectivity index (χ4n) is 2.81. The van der Waals surface area contributed by atoms with Gasteiger partial charge in [-0.15, -0.1) is 11.3 Å². The average Bonchev–Trinajstić information content (AvgIpc) is 3.17. The van der Waals surface area contributed by atoms with Gasteiger partial charge < -0.3 is 9.79 Å². The van der Waals surface area contributed by atoms with E-state index in [0.717, 1.165) is 6.07 Å². The van der Waals surface area contributed by atoms with E-state index in [4.69, 9.17) is 0 Å². The zero-order valence-electron chi connectivity index (χ0n) is 13.4. The minimum atomic E-state index is -4.45. The third kappa shape index (κ3) is 3.06. The maximum absolute atomic E-state index is 12.9. The van der Waals surface area contributed by atoms with Crippen molar-refractivity contribution in [2.24, 2.45) is 0 Å². The molecule has 0 unspecified atom stereocenters. The first kappa shape index (κ1) is 17.6. The van der Waals surface area contributed by atoms with E-state index in [2.05, 4.69) is 5.23 Å². The zero-order chi connectivity index (χ0) is 18.4. The first-order valence-electron chi connectivity index (χ1n) is 7.52. The number of fused-ring (bicyclic) bond motifs is 1. The van der Waals surface area contributed by atoms with E-state index in [9.17, 15) is 22.8 Å². The second-order valence-corrected chi connectivity index (χ2v) is 6.71. The monoisotopic (exact) mass is 368 g/mol. The molecule has 0 aromatic carbocycles. The van der Waals surface area contributed by atoms with Crippen LogP contribution in [0.2, 0.25) is 6.82 Å². The van der Waals surface area contributed by atoms with Gasteiger partial charge in [-0.1, -0.05) is 6.82 Å². The summed E-state index contributed by atoms with van der Waals surface area (Å²) in [4.78, 5) is 25.5. The van der Waals surface area contributed by atoms with Crippen molar-refractivity contribution in [3.05, 3.63) is 40.5 Å². The predicted molar refractivity (Wildman–Crippen MR) is 89.2 cm³/mol. The van der Waals surface area contributed by atoms with E-state index in [1.165, 1.54) is 18.4 Å². The number of nitrogens with one attached hydrogen (secondary N) is 1. The SMILES string of the molecule is C[B]NC(=O)c1ccn2c1C(=O)N(c1ccc(C(F)(F)F)s1)C[C@@H]2C. The molecular weight excluding hydrogens is 354 g/mol. The summed E-state index contributed by atoms with van der Waals surface area (Å²) in [6, 6.07) is 3.62. The lowest BCUT2D eigenvalue weighted by atomic mass is 9.99. The normalized spacial score (nSPS) is 17.4. The number of nitrogens with zero attached hydrogens (tertiary/aromatic N) is 2. The molecule has 0 spiro atoms. The van der Waals surface area contributed by atoms with Crippen LogP contribution in [-0.2, 0) is 6.18 Å². The number of aromatic nitrogens is 1. The number of thiophene rings is 1. The Morgan fingerprint density at radius 3 is 2.68 bits per heavy atom. The lowest BCUT2D eigenvalue weighted by Gasteiger charge is -2.32. The van der Waals surface area contributed by atoms with Gasteiger partial charge in [0.2, 0.25) is 13.3 Å². The summed E-state index contributed by atoms with van der Waals surface area (Å²) >= 11 is 0.518. The fourth-order valence-corrected chi connectivity index (χ4v) is 3.69. The summed E-state index contributed by atoms with van der Waals surface area (Å²) < 4.78 is 40.2. The first-order valence-corrected chi connectivity index (χ1v) is 8.34. The van der Waals surface area contributed by atoms with Crippen LogP contribution < -0.4 is 10.1 Å². The van der Waals surface area contributed by atoms with Crippen molar-refractivity contribution in [1.29, 1.82) is 0 Å². The van der Waals surface area contributed by atoms with Gasteiger partial charge in [-0.05, 0) is 25.1 Å². The van der Waals surface area contributed by atoms with Crippen LogP contribution in [0, 0.1) is 0 Å². The summed E-state index contributed by atoms with van der Waals surface area (Å²) in [6.07, 6.45) is -2.80. The Bertz CT molecular complexity index is 830. The predicted octanol–water partition coefficient (Wildman–Crippen LogP) is 3.19. The standard InChI is InChI=1S/C15H14BF3N3O2S/c1-8-7-22(11-4-3-10(25-11)15(17,18)19)14(24)12-9(5-6-21(8)12)13(23)20-16-2/h3-6,8H,7H2,1-2H3,(H,20,23)/t8-/m0/s1. The van der Waals surface area contributed by atoms with E-state index in [1.807, 2.05) is 6.92 Å². The van der Waals surface area contributed by atoms with Gasteiger partial charge in [0.1, 0.15) is 10.6 Å². The Morgan fingerprint density at radius 2 is 2.08 bits per heavy atom. The molecule has 131 valence electrons. The maximum Gasteiger partial charge on any atom is 0.425 e. The molecule has 1 atom stereocenters. The summed E-state index contributed by atoms with van der Waals surface area (Å²) in [6.45, 7) is 3.72. The Labute approximate surface area is 146 Å². The average molecular weight is 368 g/mol. The summed E-state index contributed by atoms with van der Waals surface area (Å²) in [5.41, 5.74) is 0.382. The number of hydrogen-bond donors (Lipinski definition) is 1. The molecule has 0 bridgehead atoms. The molecule has 25 heavy (non-hydrogen) atoms. The number of carbonyl (C=O) groups excluding carboxylic acids is 2. The molecule has 0 aliphatic carbocycles. The summed E-state index contributed by atoms with van der Waals surface area (Å²) in [5, 5.41) is 2.73. The van der Waals surface area contributed by atoms with Crippen molar-refractivity contribution in [3.8, 4) is 0 Å². The van der Waals surface area contributed by atoms with Crippen LogP contribution >= 0.6 is 11.3 Å². The van der Waals surface area contributed by atoms with Crippen LogP contribution in [-0.4, -0.2) is 30.3 Å². The molecule has 3 rings (SSSR count). The number of halogens is 3. The summed E-state index contributed by atoms with van der Waals surface area (Å²) in [5.74, 6) is -0.916. The molecule has 0 fully saturated rings. The molecule has 5 nitrogen and oxygen atoms in total. The van der Waals surface area contributed by atoms with E-state index in [-0.39, 0.29) is 28.8 Å². The lowest BCUT2D eigenvalue weighted by molar-refractivity contribution is -0.134. The van der Waals surface area contributed by atoms with E-state index in [0.29, 0.717) is 11.3 Å². The van der Waals surface area contributed by atoms with Crippen molar-refractivity contribution in [2.75, 3.05) is 11.4 Å². The van der Waals surface area contributed by atoms with Gasteiger partial charge in [-0.3, -0.25) is 14.5 Å². The van der Waals surface area contributed by atoms with Crippen LogP contribution in [0.25, 0.3) is 0 Å². The molecule has 1 radical (unpaired) electrons. The maximum atomic E-state index is 12.9. The van der Waals surface area contributed by atoms with E-state index >= 15 is 0 Å². The van der Waals surface area contributed by atoms with Gasteiger partial charge in [-0.2, -0.15) is 13.2 Å². The molecule has 1 aliphatic rings. The van der Waals surface area contributed by atoms with Gasteiger partial charge in [-0.25, -0.2) is 0 Å². The Hall–Kier alpha value is -2.23. The molecule has 2 aromatic heterocycles. The molecular formula is C15H14BF3N3O2S. The third-order valence-electron chi connectivity index (χ3n) is 3.94. The molecule has 10 heteroatoms. The van der Waals surface area contributed by atoms with Crippen LogP contribution in [0.3, 0.4) is 0 Å². The van der Waals surface area contributed by atoms with Crippen molar-refractivity contribution < 1.29 is 22.8 Å². The minimum absolute atomic E-state index is 0.170. The highest BCUT2D eigenvalue weighted by Gasteiger charge is 2.37. The molecule has 0 saturated carbocycles. The lowest BCUT2D eigenvalue weighted by Crippen LogP contribution is -2.43. The van der Waals surface area contributed by atoms with Gasteiger partial charge in [0.15, 0.2) is 0 Å². The van der Waals surface area contributed by atoms with Gasteiger partial charge in [0.05, 0.1) is 10.6 Å². The summed E-state index contributed by atoms with van der Waals surface area (Å²) in [7, 11) is 1.45. The number of carbonyl (C=O) groups is 2. The highest BCUT2D eigenvalue weighted by atomic mass is 32.1. The van der Waals surface area contributed by atoms with Crippen LogP contribution in [0.15, 0.2) is 24.4 Å². The third-order valence-corrected chi connectivity index (χ3v) is 5.09. The Kier molecular flexibility index (Phi) is 4.40. The van der Waals surface area contributed by atoms with Crippen LogP contribution in [0.1, 0.15) is 38.7 Å². The molecule has 1 N–H and O–H groups in total. The van der Waals surface area contributed by atoms with Crippen LogP contribution in [0.4, 0.5) is 18.2 Å². The second kappa shape index (κ2) is 6.25. The Balaban J connectivity index is 1.99. The van der Waals surface area contributed by atoms with Gasteiger partial charge in [0.25, 0.3) is 5.91 Å². The van der Waals surface area contributed by atoms with Crippen molar-refractivity contribution >= 4 is 35.6 Å². The van der Waals surface area contributed by atoms with Crippen molar-refractivity contribution in [3.63, 3.8) is 0 Å². The van der Waals surface area contributed by atoms with Gasteiger partial charge >= 0.3 is 6.18 Å². The first-order chi connectivity index (χ1) is 11.7. The van der Waals surface area contributed by atoms with E-state index < -0.39 is 22.9 Å². The zero-order valence-corrected chi connectivity index (χ0v) is 14.2. The highest BCUT2D eigenvalue weighted by molar-refractivity contribution is 7.16. The highest BCUT2D eigenvalue weighted by Crippen LogP contribution is 2.40. The fraction of sp³-hybridized carbons (Fsp3) is 0.333. The smallest absolute Gasteiger partial charge is 0.400 e. The van der Waals surface area contributed by atoms with E-state index in [1.54, 1.807) is 23.7 Å². The molecule has 3 heterocycles. The second-order valence-electron chi connectivity index (χ2n) is 5.65. The number of anilines is 1. The largest absolute Gasteiger partial charge is 0.425 e. The Morgan fingerprint density at radius 1 is 1.36 bits per heavy atom.